The molecule has 2 aromatic heterocycles. The smallest absolute Gasteiger partial charge is 0.373 e. The second-order valence-electron chi connectivity index (χ2n) is 7.56. The summed E-state index contributed by atoms with van der Waals surface area (Å²) in [5.74, 6) is 1.90. The zero-order chi connectivity index (χ0) is 23.4. The molecule has 4 rings (SSSR count). The van der Waals surface area contributed by atoms with Gasteiger partial charge in [-0.3, -0.25) is 9.69 Å². The first-order chi connectivity index (χ1) is 16.0. The summed E-state index contributed by atoms with van der Waals surface area (Å²) in [5.41, 5.74) is 2.09. The lowest BCUT2D eigenvalue weighted by Crippen LogP contribution is -2.30. The largest absolute Gasteiger partial charge is 0.493 e. The van der Waals surface area contributed by atoms with Gasteiger partial charge in [0.1, 0.15) is 24.4 Å². The van der Waals surface area contributed by atoms with Crippen molar-refractivity contribution in [3.63, 3.8) is 0 Å². The molecule has 1 aliphatic rings. The van der Waals surface area contributed by atoms with Gasteiger partial charge in [-0.2, -0.15) is 0 Å². The number of hydrogen-bond donors (Lipinski definition) is 0. The molecule has 0 saturated heterocycles. The Bertz CT molecular complexity index is 1200. The molecular formula is C24H25NO8. The Balaban J connectivity index is 1.38. The highest BCUT2D eigenvalue weighted by atomic mass is 16.5. The van der Waals surface area contributed by atoms with Crippen molar-refractivity contribution >= 4 is 5.97 Å². The van der Waals surface area contributed by atoms with Gasteiger partial charge in [0.05, 0.1) is 27.9 Å². The Morgan fingerprint density at radius 3 is 2.45 bits per heavy atom. The van der Waals surface area contributed by atoms with Crippen LogP contribution in [0.15, 0.2) is 50.2 Å². The van der Waals surface area contributed by atoms with Gasteiger partial charge in [0, 0.05) is 19.2 Å². The van der Waals surface area contributed by atoms with Crippen LogP contribution in [-0.4, -0.2) is 38.7 Å². The molecule has 33 heavy (non-hydrogen) atoms. The van der Waals surface area contributed by atoms with Crippen molar-refractivity contribution < 1.29 is 32.6 Å². The highest BCUT2D eigenvalue weighted by molar-refractivity contribution is 5.86. The first-order valence-corrected chi connectivity index (χ1v) is 10.4. The normalized spacial score (nSPS) is 13.3. The predicted octanol–water partition coefficient (Wildman–Crippen LogP) is 3.17. The molecule has 0 fully saturated rings. The number of carbonyl (C=O) groups is 1. The van der Waals surface area contributed by atoms with E-state index in [9.17, 15) is 9.59 Å². The molecule has 9 nitrogen and oxygen atoms in total. The summed E-state index contributed by atoms with van der Waals surface area (Å²) in [6.07, 6.45) is 2.16. The van der Waals surface area contributed by atoms with Gasteiger partial charge in [-0.25, -0.2) is 4.79 Å². The van der Waals surface area contributed by atoms with E-state index in [0.29, 0.717) is 30.4 Å². The number of hydrogen-bond acceptors (Lipinski definition) is 9. The Labute approximate surface area is 190 Å². The molecule has 0 radical (unpaired) electrons. The van der Waals surface area contributed by atoms with Gasteiger partial charge >= 0.3 is 5.97 Å². The molecular weight excluding hydrogens is 430 g/mol. The fourth-order valence-corrected chi connectivity index (χ4v) is 3.74. The van der Waals surface area contributed by atoms with Crippen LogP contribution >= 0.6 is 0 Å². The molecule has 1 aliphatic heterocycles. The molecule has 0 saturated carbocycles. The number of rotatable bonds is 8. The molecule has 9 heteroatoms. The molecule has 0 spiro atoms. The minimum atomic E-state index is -0.581. The maximum Gasteiger partial charge on any atom is 0.373 e. The van der Waals surface area contributed by atoms with Crippen LogP contribution in [0.3, 0.4) is 0 Å². The fourth-order valence-electron chi connectivity index (χ4n) is 3.74. The average Bonchev–Trinajstić information content (AvgIpc) is 3.31. The zero-order valence-electron chi connectivity index (χ0n) is 18.7. The first kappa shape index (κ1) is 22.5. The molecule has 0 aliphatic carbocycles. The molecule has 174 valence electrons. The van der Waals surface area contributed by atoms with Gasteiger partial charge in [0.25, 0.3) is 0 Å². The average molecular weight is 455 g/mol. The number of carbonyl (C=O) groups excluding carboxylic acids is 1. The fraction of sp³-hybridized carbons (Fsp3) is 0.333. The van der Waals surface area contributed by atoms with Crippen molar-refractivity contribution in [2.45, 2.75) is 26.1 Å². The maximum absolute atomic E-state index is 12.5. The standard InChI is InChI=1S/C24H25NO8/c1-28-21-8-15-6-7-25(11-16(15)9-22(21)29-2)12-18-10-19(26)23(14-31-18)32-13-17-4-5-20(33-17)24(27)30-3/h4-5,8-10,14H,6-7,11-13H2,1-3H3. The molecule has 0 amide bonds. The van der Waals surface area contributed by atoms with Crippen molar-refractivity contribution in [2.75, 3.05) is 27.9 Å². The van der Waals surface area contributed by atoms with Crippen LogP contribution in [-0.2, 0) is 30.9 Å². The quantitative estimate of drug-likeness (QED) is 0.474. The van der Waals surface area contributed by atoms with E-state index in [1.807, 2.05) is 12.1 Å². The Kier molecular flexibility index (Phi) is 6.69. The lowest BCUT2D eigenvalue weighted by Gasteiger charge is -2.29. The monoisotopic (exact) mass is 455 g/mol. The number of ether oxygens (including phenoxy) is 4. The summed E-state index contributed by atoms with van der Waals surface area (Å²) in [7, 11) is 4.51. The first-order valence-electron chi connectivity index (χ1n) is 10.4. The van der Waals surface area contributed by atoms with Gasteiger partial charge in [-0.05, 0) is 41.8 Å². The van der Waals surface area contributed by atoms with Crippen molar-refractivity contribution in [3.05, 3.63) is 75.2 Å². The van der Waals surface area contributed by atoms with Crippen LogP contribution < -0.4 is 19.6 Å². The van der Waals surface area contributed by atoms with Crippen molar-refractivity contribution in [1.29, 1.82) is 0 Å². The molecule has 0 unspecified atom stereocenters. The number of nitrogens with zero attached hydrogens (tertiary/aromatic N) is 1. The SMILES string of the molecule is COC(=O)c1ccc(COc2coc(CN3CCc4cc(OC)c(OC)cc4C3)cc2=O)o1. The minimum absolute atomic E-state index is 0.0185. The third kappa shape index (κ3) is 5.04. The van der Waals surface area contributed by atoms with Crippen LogP contribution in [0.25, 0.3) is 0 Å². The highest BCUT2D eigenvalue weighted by Gasteiger charge is 2.20. The topological polar surface area (TPSA) is 101 Å². The van der Waals surface area contributed by atoms with E-state index < -0.39 is 5.97 Å². The lowest BCUT2D eigenvalue weighted by molar-refractivity contribution is 0.0561. The van der Waals surface area contributed by atoms with Crippen molar-refractivity contribution in [2.24, 2.45) is 0 Å². The Morgan fingerprint density at radius 1 is 1.00 bits per heavy atom. The Morgan fingerprint density at radius 2 is 1.76 bits per heavy atom. The molecule has 3 heterocycles. The summed E-state index contributed by atoms with van der Waals surface area (Å²) in [6.45, 7) is 2.00. The number of fused-ring (bicyclic) bond motifs is 1. The molecule has 3 aromatic rings. The van der Waals surface area contributed by atoms with Gasteiger partial charge in [0.2, 0.25) is 16.9 Å². The van der Waals surface area contributed by atoms with Crippen LogP contribution in [0.5, 0.6) is 17.2 Å². The van der Waals surface area contributed by atoms with E-state index in [4.69, 9.17) is 23.0 Å². The van der Waals surface area contributed by atoms with E-state index in [1.165, 1.54) is 31.1 Å². The predicted molar refractivity (Wildman–Crippen MR) is 117 cm³/mol. The molecule has 0 bridgehead atoms. The number of esters is 1. The van der Waals surface area contributed by atoms with E-state index in [0.717, 1.165) is 24.3 Å². The number of benzene rings is 1. The van der Waals surface area contributed by atoms with E-state index >= 15 is 0 Å². The molecule has 0 atom stereocenters. The van der Waals surface area contributed by atoms with Gasteiger partial charge in [0.15, 0.2) is 11.5 Å². The van der Waals surface area contributed by atoms with Crippen LogP contribution in [0.2, 0.25) is 0 Å². The summed E-state index contributed by atoms with van der Waals surface area (Å²) in [4.78, 5) is 26.1. The van der Waals surface area contributed by atoms with Gasteiger partial charge < -0.3 is 27.8 Å². The second-order valence-corrected chi connectivity index (χ2v) is 7.56. The molecule has 1 aromatic carbocycles. The van der Waals surface area contributed by atoms with Gasteiger partial charge in [-0.15, -0.1) is 0 Å². The number of furan rings is 1. The van der Waals surface area contributed by atoms with E-state index in [1.54, 1.807) is 20.3 Å². The van der Waals surface area contributed by atoms with Crippen LogP contribution in [0, 0.1) is 0 Å². The van der Waals surface area contributed by atoms with E-state index in [-0.39, 0.29) is 23.5 Å². The minimum Gasteiger partial charge on any atom is -0.493 e. The Hall–Kier alpha value is -3.72. The van der Waals surface area contributed by atoms with Crippen molar-refractivity contribution in [1.82, 2.24) is 4.90 Å². The zero-order valence-corrected chi connectivity index (χ0v) is 18.7. The summed E-state index contributed by atoms with van der Waals surface area (Å²) < 4.78 is 31.9. The lowest BCUT2D eigenvalue weighted by atomic mass is 9.98. The van der Waals surface area contributed by atoms with Crippen molar-refractivity contribution in [3.8, 4) is 17.2 Å². The molecule has 0 N–H and O–H groups in total. The summed E-state index contributed by atoms with van der Waals surface area (Å²) >= 11 is 0. The van der Waals surface area contributed by atoms with E-state index in [2.05, 4.69) is 9.64 Å². The third-order valence-electron chi connectivity index (χ3n) is 5.45. The third-order valence-corrected chi connectivity index (χ3v) is 5.45. The summed E-state index contributed by atoms with van der Waals surface area (Å²) in [6, 6.07) is 8.51. The summed E-state index contributed by atoms with van der Waals surface area (Å²) in [5, 5.41) is 0. The second kappa shape index (κ2) is 9.83. The van der Waals surface area contributed by atoms with Gasteiger partial charge in [-0.1, -0.05) is 0 Å². The van der Waals surface area contributed by atoms with Crippen LogP contribution in [0.1, 0.15) is 33.2 Å². The van der Waals surface area contributed by atoms with Crippen LogP contribution in [0.4, 0.5) is 0 Å². The number of methoxy groups -OCH3 is 3. The highest BCUT2D eigenvalue weighted by Crippen LogP contribution is 2.33. The maximum atomic E-state index is 12.5.